The van der Waals surface area contributed by atoms with E-state index in [2.05, 4.69) is 24.0 Å². The maximum atomic E-state index is 6.32. The van der Waals surface area contributed by atoms with Crippen molar-refractivity contribution in [3.63, 3.8) is 0 Å². The van der Waals surface area contributed by atoms with Gasteiger partial charge in [-0.05, 0) is 48.7 Å². The summed E-state index contributed by atoms with van der Waals surface area (Å²) < 4.78 is 2.02. The smallest absolute Gasteiger partial charge is 0.131 e. The van der Waals surface area contributed by atoms with E-state index < -0.39 is 0 Å². The van der Waals surface area contributed by atoms with Gasteiger partial charge >= 0.3 is 0 Å². The van der Waals surface area contributed by atoms with Gasteiger partial charge in [0.15, 0.2) is 0 Å². The number of aromatic nitrogens is 3. The Morgan fingerprint density at radius 3 is 2.33 bits per heavy atom. The van der Waals surface area contributed by atoms with Gasteiger partial charge in [-0.1, -0.05) is 54.1 Å². The summed E-state index contributed by atoms with van der Waals surface area (Å²) in [5, 5.41) is 5.54. The molecule has 0 spiro atoms. The van der Waals surface area contributed by atoms with Crippen LogP contribution in [-0.4, -0.2) is 21.3 Å². The number of rotatable bonds is 5. The molecule has 0 aliphatic rings. The Balaban J connectivity index is 1.89. The van der Waals surface area contributed by atoms with Crippen molar-refractivity contribution in [1.82, 2.24) is 14.8 Å². The monoisotopic (exact) mass is 417 g/mol. The highest BCUT2D eigenvalue weighted by Crippen LogP contribution is 2.39. The zero-order chi connectivity index (χ0) is 21.3. The number of benzene rings is 2. The molecule has 0 fully saturated rings. The third kappa shape index (κ3) is 3.58. The van der Waals surface area contributed by atoms with Crippen molar-refractivity contribution in [2.75, 3.05) is 12.3 Å². The molecule has 30 heavy (non-hydrogen) atoms. The molecule has 2 heterocycles. The lowest BCUT2D eigenvalue weighted by Crippen LogP contribution is -2.22. The SMILES string of the molecule is Cc1nn(C(CN)c2ccccc2)c(C)c1-c1ccnc(N)c1-c1ccc(Cl)cc1. The van der Waals surface area contributed by atoms with Crippen LogP contribution in [0, 0.1) is 13.8 Å². The second-order valence-electron chi connectivity index (χ2n) is 7.28. The van der Waals surface area contributed by atoms with E-state index in [0.717, 1.165) is 39.2 Å². The number of aryl methyl sites for hydroxylation is 1. The first-order chi connectivity index (χ1) is 14.5. The second-order valence-corrected chi connectivity index (χ2v) is 7.71. The van der Waals surface area contributed by atoms with Crippen molar-refractivity contribution >= 4 is 17.4 Å². The van der Waals surface area contributed by atoms with Crippen LogP contribution in [0.2, 0.25) is 5.02 Å². The Labute approximate surface area is 181 Å². The van der Waals surface area contributed by atoms with Gasteiger partial charge in [-0.2, -0.15) is 5.10 Å². The molecule has 0 radical (unpaired) electrons. The Morgan fingerprint density at radius 2 is 1.67 bits per heavy atom. The Bertz CT molecular complexity index is 1170. The van der Waals surface area contributed by atoms with E-state index in [1.807, 2.05) is 60.1 Å². The number of nitrogens with zero attached hydrogens (tertiary/aromatic N) is 3. The number of halogens is 1. The lowest BCUT2D eigenvalue weighted by molar-refractivity contribution is 0.517. The van der Waals surface area contributed by atoms with E-state index in [4.69, 9.17) is 28.2 Å². The van der Waals surface area contributed by atoms with Crippen LogP contribution in [0.5, 0.6) is 0 Å². The van der Waals surface area contributed by atoms with Gasteiger partial charge in [0.2, 0.25) is 0 Å². The molecule has 0 aliphatic heterocycles. The van der Waals surface area contributed by atoms with Gasteiger partial charge in [0, 0.05) is 34.6 Å². The summed E-state index contributed by atoms with van der Waals surface area (Å²) in [5.41, 5.74) is 19.4. The summed E-state index contributed by atoms with van der Waals surface area (Å²) in [7, 11) is 0. The molecule has 4 aromatic rings. The van der Waals surface area contributed by atoms with E-state index in [-0.39, 0.29) is 6.04 Å². The van der Waals surface area contributed by atoms with Crippen LogP contribution < -0.4 is 11.5 Å². The minimum atomic E-state index is -0.0446. The molecule has 4 N–H and O–H groups in total. The highest BCUT2D eigenvalue weighted by atomic mass is 35.5. The summed E-state index contributed by atoms with van der Waals surface area (Å²) >= 11 is 6.09. The standard InChI is InChI=1S/C24H24ClN5/c1-15-22(16(2)30(29-15)21(14-26)17-6-4-3-5-7-17)20-12-13-28-24(27)23(20)18-8-10-19(25)11-9-18/h3-13,21H,14,26H2,1-2H3,(H2,27,28). The van der Waals surface area contributed by atoms with Gasteiger partial charge < -0.3 is 11.5 Å². The summed E-state index contributed by atoms with van der Waals surface area (Å²) in [6, 6.07) is 19.8. The average Bonchev–Trinajstić information content (AvgIpc) is 3.04. The molecule has 1 unspecified atom stereocenters. The van der Waals surface area contributed by atoms with E-state index in [0.29, 0.717) is 17.4 Å². The third-order valence-electron chi connectivity index (χ3n) is 5.41. The fourth-order valence-corrected chi connectivity index (χ4v) is 4.14. The lowest BCUT2D eigenvalue weighted by Gasteiger charge is -2.18. The number of nitrogen functional groups attached to an aromatic ring is 1. The Morgan fingerprint density at radius 1 is 0.967 bits per heavy atom. The third-order valence-corrected chi connectivity index (χ3v) is 5.66. The highest BCUT2D eigenvalue weighted by molar-refractivity contribution is 6.30. The molecule has 0 aliphatic carbocycles. The molecule has 0 saturated carbocycles. The van der Waals surface area contributed by atoms with Crippen LogP contribution in [0.25, 0.3) is 22.3 Å². The summed E-state index contributed by atoms with van der Waals surface area (Å²) in [5.74, 6) is 0.472. The molecule has 6 heteroatoms. The van der Waals surface area contributed by atoms with E-state index in [1.165, 1.54) is 0 Å². The zero-order valence-corrected chi connectivity index (χ0v) is 17.8. The van der Waals surface area contributed by atoms with E-state index >= 15 is 0 Å². The van der Waals surface area contributed by atoms with Gasteiger partial charge in [0.1, 0.15) is 5.82 Å². The van der Waals surface area contributed by atoms with Crippen LogP contribution >= 0.6 is 11.6 Å². The van der Waals surface area contributed by atoms with Crippen molar-refractivity contribution in [1.29, 1.82) is 0 Å². The molecular formula is C24H24ClN5. The normalized spacial score (nSPS) is 12.1. The Kier molecular flexibility index (Phi) is 5.57. The largest absolute Gasteiger partial charge is 0.383 e. The topological polar surface area (TPSA) is 82.8 Å². The average molecular weight is 418 g/mol. The quantitative estimate of drug-likeness (QED) is 0.478. The van der Waals surface area contributed by atoms with Gasteiger partial charge in [0.25, 0.3) is 0 Å². The molecule has 1 atom stereocenters. The molecular weight excluding hydrogens is 394 g/mol. The van der Waals surface area contributed by atoms with Crippen LogP contribution in [0.15, 0.2) is 66.9 Å². The first-order valence-corrected chi connectivity index (χ1v) is 10.2. The fraction of sp³-hybridized carbons (Fsp3) is 0.167. The second kappa shape index (κ2) is 8.30. The zero-order valence-electron chi connectivity index (χ0n) is 17.0. The Hall–Kier alpha value is -3.15. The highest BCUT2D eigenvalue weighted by Gasteiger charge is 2.23. The molecule has 4 rings (SSSR count). The molecule has 0 amide bonds. The number of nitrogens with two attached hydrogens (primary N) is 2. The molecule has 2 aromatic heterocycles. The first kappa shape index (κ1) is 20.1. The molecule has 5 nitrogen and oxygen atoms in total. The number of pyridine rings is 1. The predicted octanol–water partition coefficient (Wildman–Crippen LogP) is 5.01. The molecule has 2 aromatic carbocycles. The minimum absolute atomic E-state index is 0.0446. The summed E-state index contributed by atoms with van der Waals surface area (Å²) in [6.45, 7) is 4.54. The van der Waals surface area contributed by atoms with Crippen molar-refractivity contribution in [3.8, 4) is 22.3 Å². The van der Waals surface area contributed by atoms with Crippen molar-refractivity contribution in [2.45, 2.75) is 19.9 Å². The molecule has 0 bridgehead atoms. The fourth-order valence-electron chi connectivity index (χ4n) is 4.01. The van der Waals surface area contributed by atoms with Crippen LogP contribution in [-0.2, 0) is 0 Å². The number of hydrogen-bond donors (Lipinski definition) is 2. The van der Waals surface area contributed by atoms with Gasteiger partial charge in [-0.3, -0.25) is 4.68 Å². The van der Waals surface area contributed by atoms with Gasteiger partial charge in [0.05, 0.1) is 11.7 Å². The number of anilines is 1. The minimum Gasteiger partial charge on any atom is -0.383 e. The maximum absolute atomic E-state index is 6.32. The summed E-state index contributed by atoms with van der Waals surface area (Å²) in [6.07, 6.45) is 1.73. The summed E-state index contributed by atoms with van der Waals surface area (Å²) in [4.78, 5) is 4.33. The van der Waals surface area contributed by atoms with E-state index in [9.17, 15) is 0 Å². The van der Waals surface area contributed by atoms with E-state index in [1.54, 1.807) is 6.20 Å². The van der Waals surface area contributed by atoms with Gasteiger partial charge in [-0.25, -0.2) is 4.98 Å². The van der Waals surface area contributed by atoms with Crippen molar-refractivity contribution in [2.24, 2.45) is 5.73 Å². The van der Waals surface area contributed by atoms with Gasteiger partial charge in [-0.15, -0.1) is 0 Å². The van der Waals surface area contributed by atoms with Crippen molar-refractivity contribution in [3.05, 3.63) is 88.8 Å². The predicted molar refractivity (Wildman–Crippen MR) is 123 cm³/mol. The molecule has 0 saturated heterocycles. The number of hydrogen-bond acceptors (Lipinski definition) is 4. The lowest BCUT2D eigenvalue weighted by atomic mass is 9.94. The van der Waals surface area contributed by atoms with Crippen LogP contribution in [0.1, 0.15) is 23.0 Å². The maximum Gasteiger partial charge on any atom is 0.131 e. The van der Waals surface area contributed by atoms with Crippen LogP contribution in [0.3, 0.4) is 0 Å². The van der Waals surface area contributed by atoms with Crippen molar-refractivity contribution < 1.29 is 0 Å². The van der Waals surface area contributed by atoms with Crippen LogP contribution in [0.4, 0.5) is 5.82 Å². The molecule has 152 valence electrons. The first-order valence-electron chi connectivity index (χ1n) is 9.82.